The number of nitrogens with zero attached hydrogens (tertiary/aromatic N) is 1. The van der Waals surface area contributed by atoms with Gasteiger partial charge in [0.15, 0.2) is 0 Å². The van der Waals surface area contributed by atoms with Gasteiger partial charge in [0.1, 0.15) is 12.4 Å². The predicted molar refractivity (Wildman–Crippen MR) is 87.0 cm³/mol. The highest BCUT2D eigenvalue weighted by Gasteiger charge is 2.34. The summed E-state index contributed by atoms with van der Waals surface area (Å²) >= 11 is 3.33. The Morgan fingerprint density at radius 3 is 2.46 bits per heavy atom. The molecule has 24 heavy (non-hydrogen) atoms. The number of methoxy groups -OCH3 is 2. The zero-order valence-electron chi connectivity index (χ0n) is 13.0. The molecular weight excluding hydrogens is 384 g/mol. The van der Waals surface area contributed by atoms with E-state index >= 15 is 0 Å². The van der Waals surface area contributed by atoms with Gasteiger partial charge in [0.2, 0.25) is 0 Å². The molecule has 9 heteroatoms. The molecule has 1 heterocycles. The van der Waals surface area contributed by atoms with E-state index in [1.807, 2.05) is 0 Å². The number of halogens is 1. The lowest BCUT2D eigenvalue weighted by atomic mass is 10.1. The van der Waals surface area contributed by atoms with Gasteiger partial charge in [-0.1, -0.05) is 6.07 Å². The zero-order chi connectivity index (χ0) is 17.9. The molecule has 1 aromatic carbocycles. The molecule has 1 aromatic rings. The molecule has 0 bridgehead atoms. The molecule has 0 unspecified atom stereocenters. The van der Waals surface area contributed by atoms with Crippen LogP contribution in [0.15, 0.2) is 33.9 Å². The highest BCUT2D eigenvalue weighted by atomic mass is 79.9. The second kappa shape index (κ2) is 7.45. The van der Waals surface area contributed by atoms with Crippen LogP contribution in [0.4, 0.5) is 5.69 Å². The van der Waals surface area contributed by atoms with E-state index in [-0.39, 0.29) is 30.2 Å². The van der Waals surface area contributed by atoms with Crippen molar-refractivity contribution in [3.63, 3.8) is 0 Å². The summed E-state index contributed by atoms with van der Waals surface area (Å²) < 4.78 is 15.3. The first kappa shape index (κ1) is 18.0. The maximum Gasteiger partial charge on any atom is 0.355 e. The maximum absolute atomic E-state index is 12.3. The quantitative estimate of drug-likeness (QED) is 0.751. The molecular formula is C15H15BrN2O6. The van der Waals surface area contributed by atoms with Crippen LogP contribution in [-0.4, -0.2) is 45.4 Å². The van der Waals surface area contributed by atoms with Gasteiger partial charge in [0.05, 0.1) is 37.7 Å². The van der Waals surface area contributed by atoms with Crippen LogP contribution in [0.25, 0.3) is 0 Å². The molecule has 0 radical (unpaired) electrons. The second-order valence-electron chi connectivity index (χ2n) is 4.72. The fourth-order valence-electron chi connectivity index (χ4n) is 2.31. The number of carbonyl (C=O) groups is 3. The van der Waals surface area contributed by atoms with E-state index in [1.165, 1.54) is 25.2 Å². The summed E-state index contributed by atoms with van der Waals surface area (Å²) in [5, 5.41) is 0. The van der Waals surface area contributed by atoms with Crippen molar-refractivity contribution in [3.05, 3.63) is 39.5 Å². The number of rotatable bonds is 4. The standard InChI is InChI=1S/C15H15BrN2O6/c1-22-14(20)9-6-24-7-18(12(9)15(21)23-2)11-8(13(17)19)4-3-5-10(11)16/h3-5H,6-7H2,1-2H3,(H2,17,19). The van der Waals surface area contributed by atoms with Crippen molar-refractivity contribution in [2.24, 2.45) is 5.73 Å². The van der Waals surface area contributed by atoms with Gasteiger partial charge in [-0.25, -0.2) is 9.59 Å². The number of nitrogens with two attached hydrogens (primary N) is 1. The maximum atomic E-state index is 12.3. The number of primary amides is 1. The molecule has 8 nitrogen and oxygen atoms in total. The lowest BCUT2D eigenvalue weighted by Gasteiger charge is -2.32. The summed E-state index contributed by atoms with van der Waals surface area (Å²) in [6, 6.07) is 4.80. The Labute approximate surface area is 146 Å². The minimum absolute atomic E-state index is 0.0122. The van der Waals surface area contributed by atoms with E-state index in [1.54, 1.807) is 12.1 Å². The van der Waals surface area contributed by atoms with Crippen LogP contribution < -0.4 is 10.6 Å². The van der Waals surface area contributed by atoms with Gasteiger partial charge in [0.25, 0.3) is 5.91 Å². The van der Waals surface area contributed by atoms with E-state index in [0.717, 1.165) is 0 Å². The van der Waals surface area contributed by atoms with E-state index in [9.17, 15) is 14.4 Å². The van der Waals surface area contributed by atoms with Gasteiger partial charge in [-0.2, -0.15) is 0 Å². The van der Waals surface area contributed by atoms with Crippen molar-refractivity contribution >= 4 is 39.5 Å². The van der Waals surface area contributed by atoms with Gasteiger partial charge >= 0.3 is 11.9 Å². The molecule has 0 aliphatic carbocycles. The molecule has 2 rings (SSSR count). The summed E-state index contributed by atoms with van der Waals surface area (Å²) in [7, 11) is 2.38. The smallest absolute Gasteiger partial charge is 0.355 e. The molecule has 0 fully saturated rings. The lowest BCUT2D eigenvalue weighted by Crippen LogP contribution is -2.40. The van der Waals surface area contributed by atoms with Gasteiger partial charge in [-0.15, -0.1) is 0 Å². The van der Waals surface area contributed by atoms with Crippen LogP contribution in [0.1, 0.15) is 10.4 Å². The first-order chi connectivity index (χ1) is 11.4. The summed E-state index contributed by atoms with van der Waals surface area (Å²) in [6.07, 6.45) is 0. The Morgan fingerprint density at radius 2 is 1.88 bits per heavy atom. The normalized spacial score (nSPS) is 14.4. The number of hydrogen-bond acceptors (Lipinski definition) is 7. The Balaban J connectivity index is 2.71. The molecule has 0 saturated carbocycles. The lowest BCUT2D eigenvalue weighted by molar-refractivity contribution is -0.140. The molecule has 128 valence electrons. The van der Waals surface area contributed by atoms with Crippen molar-refractivity contribution in [1.29, 1.82) is 0 Å². The first-order valence-electron chi connectivity index (χ1n) is 6.75. The third kappa shape index (κ3) is 3.26. The molecule has 2 N–H and O–H groups in total. The summed E-state index contributed by atoms with van der Waals surface area (Å²) in [5.41, 5.74) is 5.79. The largest absolute Gasteiger partial charge is 0.466 e. The number of para-hydroxylation sites is 1. The minimum atomic E-state index is -0.759. The number of hydrogen-bond donors (Lipinski definition) is 1. The van der Waals surface area contributed by atoms with Crippen molar-refractivity contribution in [2.45, 2.75) is 0 Å². The number of esters is 2. The highest BCUT2D eigenvalue weighted by molar-refractivity contribution is 9.10. The molecule has 1 aliphatic rings. The van der Waals surface area contributed by atoms with Gasteiger partial charge in [-0.05, 0) is 28.1 Å². The molecule has 1 amide bonds. The van der Waals surface area contributed by atoms with Gasteiger partial charge in [-0.3, -0.25) is 4.79 Å². The third-order valence-electron chi connectivity index (χ3n) is 3.36. The number of ether oxygens (including phenoxy) is 3. The molecule has 0 atom stereocenters. The Hall–Kier alpha value is -2.39. The van der Waals surface area contributed by atoms with Gasteiger partial charge < -0.3 is 24.8 Å². The number of amides is 1. The van der Waals surface area contributed by atoms with Crippen LogP contribution in [0.5, 0.6) is 0 Å². The number of anilines is 1. The summed E-state index contributed by atoms with van der Waals surface area (Å²) in [4.78, 5) is 37.3. The average molecular weight is 399 g/mol. The fourth-order valence-corrected chi connectivity index (χ4v) is 2.89. The zero-order valence-corrected chi connectivity index (χ0v) is 14.6. The van der Waals surface area contributed by atoms with E-state index in [0.29, 0.717) is 10.2 Å². The van der Waals surface area contributed by atoms with Crippen molar-refractivity contribution in [2.75, 3.05) is 32.5 Å². The topological polar surface area (TPSA) is 108 Å². The number of carbonyl (C=O) groups excluding carboxylic acids is 3. The monoisotopic (exact) mass is 398 g/mol. The SMILES string of the molecule is COC(=O)C1=C(C(=O)OC)N(c2c(Br)cccc2C(N)=O)COC1. The van der Waals surface area contributed by atoms with E-state index < -0.39 is 17.8 Å². The third-order valence-corrected chi connectivity index (χ3v) is 4.00. The van der Waals surface area contributed by atoms with Crippen LogP contribution in [0, 0.1) is 0 Å². The van der Waals surface area contributed by atoms with Gasteiger partial charge in [0, 0.05) is 4.47 Å². The molecule has 1 aliphatic heterocycles. The van der Waals surface area contributed by atoms with Crippen LogP contribution in [0.2, 0.25) is 0 Å². The van der Waals surface area contributed by atoms with E-state index in [2.05, 4.69) is 15.9 Å². The first-order valence-corrected chi connectivity index (χ1v) is 7.55. The molecule has 0 aromatic heterocycles. The van der Waals surface area contributed by atoms with Crippen LogP contribution in [0.3, 0.4) is 0 Å². The van der Waals surface area contributed by atoms with Crippen molar-refractivity contribution < 1.29 is 28.6 Å². The minimum Gasteiger partial charge on any atom is -0.466 e. The fraction of sp³-hybridized carbons (Fsp3) is 0.267. The predicted octanol–water partition coefficient (Wildman–Crippen LogP) is 0.942. The molecule has 0 saturated heterocycles. The molecule has 0 spiro atoms. The highest BCUT2D eigenvalue weighted by Crippen LogP contribution is 2.35. The Kier molecular flexibility index (Phi) is 5.58. The Bertz CT molecular complexity index is 731. The summed E-state index contributed by atoms with van der Waals surface area (Å²) in [6.45, 7) is -0.197. The van der Waals surface area contributed by atoms with Crippen LogP contribution in [-0.2, 0) is 23.8 Å². The van der Waals surface area contributed by atoms with E-state index in [4.69, 9.17) is 19.9 Å². The number of benzene rings is 1. The Morgan fingerprint density at radius 1 is 1.21 bits per heavy atom. The summed E-state index contributed by atoms with van der Waals surface area (Å²) in [5.74, 6) is -2.18. The van der Waals surface area contributed by atoms with Crippen LogP contribution >= 0.6 is 15.9 Å². The van der Waals surface area contributed by atoms with Crippen molar-refractivity contribution in [1.82, 2.24) is 0 Å². The van der Waals surface area contributed by atoms with Crippen molar-refractivity contribution in [3.8, 4) is 0 Å². The average Bonchev–Trinajstić information content (AvgIpc) is 2.59. The second-order valence-corrected chi connectivity index (χ2v) is 5.57.